The smallest absolute Gasteiger partial charge is 0.251 e. The highest BCUT2D eigenvalue weighted by Gasteiger charge is 2.17. The van der Waals surface area contributed by atoms with Gasteiger partial charge in [0.25, 0.3) is 5.91 Å². The number of carbonyl (C=O) groups is 1. The van der Waals surface area contributed by atoms with Gasteiger partial charge < -0.3 is 16.2 Å². The number of nitrogens with two attached hydrogens (primary N) is 1. The average molecular weight is 387 g/mol. The number of nitrogen functional groups attached to an aromatic ring is 1. The first kappa shape index (κ1) is 20.3. The van der Waals surface area contributed by atoms with E-state index in [0.29, 0.717) is 23.2 Å². The van der Waals surface area contributed by atoms with E-state index in [4.69, 9.17) is 11.1 Å². The minimum atomic E-state index is -0.300. The monoisotopic (exact) mass is 387 g/mol. The molecule has 3 rings (SSSR count). The van der Waals surface area contributed by atoms with Gasteiger partial charge in [-0.25, -0.2) is 0 Å². The molecule has 0 spiro atoms. The van der Waals surface area contributed by atoms with Crippen LogP contribution in [-0.2, 0) is 0 Å². The lowest BCUT2D eigenvalue weighted by atomic mass is 9.97. The predicted octanol–water partition coefficient (Wildman–Crippen LogP) is 3.85. The van der Waals surface area contributed by atoms with Crippen molar-refractivity contribution in [2.75, 3.05) is 12.3 Å². The number of benzene rings is 3. The summed E-state index contributed by atoms with van der Waals surface area (Å²) in [6.07, 6.45) is 0.413. The molecule has 3 aromatic carbocycles. The molecule has 1 amide bonds. The van der Waals surface area contributed by atoms with Crippen molar-refractivity contribution in [3.8, 4) is 0 Å². The maximum atomic E-state index is 12.9. The highest BCUT2D eigenvalue weighted by molar-refractivity contribution is 6.14. The Hall–Kier alpha value is -3.44. The average Bonchev–Trinajstić information content (AvgIpc) is 2.74. The first-order valence-corrected chi connectivity index (χ1v) is 9.51. The number of hydrogen-bond acceptors (Lipinski definition) is 4. The van der Waals surface area contributed by atoms with Gasteiger partial charge in [0.1, 0.15) is 0 Å². The van der Waals surface area contributed by atoms with E-state index < -0.39 is 0 Å². The van der Waals surface area contributed by atoms with Crippen LogP contribution in [0.25, 0.3) is 0 Å². The second-order valence-corrected chi connectivity index (χ2v) is 6.99. The molecule has 1 unspecified atom stereocenters. The zero-order valence-corrected chi connectivity index (χ0v) is 16.4. The van der Waals surface area contributed by atoms with E-state index in [-0.39, 0.29) is 24.3 Å². The van der Waals surface area contributed by atoms with Crippen LogP contribution in [-0.4, -0.2) is 23.3 Å². The van der Waals surface area contributed by atoms with Gasteiger partial charge in [-0.3, -0.25) is 10.2 Å². The minimum Gasteiger partial charge on any atom is -0.398 e. The Morgan fingerprint density at radius 2 is 1.69 bits per heavy atom. The van der Waals surface area contributed by atoms with Crippen molar-refractivity contribution < 1.29 is 9.90 Å². The topological polar surface area (TPSA) is 99.2 Å². The summed E-state index contributed by atoms with van der Waals surface area (Å²) in [5.74, 6) is -0.273. The lowest BCUT2D eigenvalue weighted by molar-refractivity contribution is 0.0930. The van der Waals surface area contributed by atoms with Crippen LogP contribution in [0.5, 0.6) is 0 Å². The highest BCUT2D eigenvalue weighted by Crippen LogP contribution is 2.21. The quantitative estimate of drug-likeness (QED) is 0.366. The van der Waals surface area contributed by atoms with Gasteiger partial charge in [0.05, 0.1) is 11.8 Å². The summed E-state index contributed by atoms with van der Waals surface area (Å²) in [7, 11) is 0. The van der Waals surface area contributed by atoms with Gasteiger partial charge >= 0.3 is 0 Å². The second-order valence-electron chi connectivity index (χ2n) is 6.99. The van der Waals surface area contributed by atoms with Gasteiger partial charge in [0.2, 0.25) is 0 Å². The highest BCUT2D eigenvalue weighted by atomic mass is 16.3. The SMILES string of the molecule is Cc1ccc(C(=N)c2cc(C(=O)NC(CCO)c3ccccc3)ccc2N)cc1. The van der Waals surface area contributed by atoms with E-state index in [9.17, 15) is 9.90 Å². The molecule has 29 heavy (non-hydrogen) atoms. The third-order valence-corrected chi connectivity index (χ3v) is 4.85. The fourth-order valence-electron chi connectivity index (χ4n) is 3.17. The molecule has 5 N–H and O–H groups in total. The molecule has 0 saturated heterocycles. The largest absolute Gasteiger partial charge is 0.398 e. The molecule has 0 fully saturated rings. The lowest BCUT2D eigenvalue weighted by Crippen LogP contribution is -2.29. The van der Waals surface area contributed by atoms with E-state index in [0.717, 1.165) is 16.7 Å². The van der Waals surface area contributed by atoms with Crippen LogP contribution in [0.15, 0.2) is 72.8 Å². The van der Waals surface area contributed by atoms with Gasteiger partial charge in [0.15, 0.2) is 0 Å². The molecule has 0 bridgehead atoms. The molecule has 0 saturated carbocycles. The zero-order chi connectivity index (χ0) is 20.8. The molecule has 0 heterocycles. The summed E-state index contributed by atoms with van der Waals surface area (Å²) in [6.45, 7) is 1.95. The third-order valence-electron chi connectivity index (χ3n) is 4.85. The van der Waals surface area contributed by atoms with Crippen LogP contribution >= 0.6 is 0 Å². The molecule has 3 aromatic rings. The fourth-order valence-corrected chi connectivity index (χ4v) is 3.17. The van der Waals surface area contributed by atoms with Crippen molar-refractivity contribution >= 4 is 17.3 Å². The number of aryl methyl sites for hydroxylation is 1. The van der Waals surface area contributed by atoms with Crippen LogP contribution in [0.2, 0.25) is 0 Å². The Morgan fingerprint density at radius 1 is 1.03 bits per heavy atom. The van der Waals surface area contributed by atoms with Crippen molar-refractivity contribution in [2.45, 2.75) is 19.4 Å². The maximum absolute atomic E-state index is 12.9. The van der Waals surface area contributed by atoms with E-state index in [1.54, 1.807) is 18.2 Å². The van der Waals surface area contributed by atoms with Gasteiger partial charge in [-0.2, -0.15) is 0 Å². The number of aliphatic hydroxyl groups is 1. The molecular weight excluding hydrogens is 362 g/mol. The van der Waals surface area contributed by atoms with E-state index >= 15 is 0 Å². The summed E-state index contributed by atoms with van der Waals surface area (Å²) in [5.41, 5.74) is 10.5. The van der Waals surface area contributed by atoms with Gasteiger partial charge in [-0.05, 0) is 37.1 Å². The van der Waals surface area contributed by atoms with Crippen LogP contribution in [0.1, 0.15) is 45.1 Å². The van der Waals surface area contributed by atoms with Crippen molar-refractivity contribution in [3.63, 3.8) is 0 Å². The number of aliphatic hydroxyl groups excluding tert-OH is 1. The molecule has 5 nitrogen and oxygen atoms in total. The number of amides is 1. The predicted molar refractivity (Wildman–Crippen MR) is 116 cm³/mol. The van der Waals surface area contributed by atoms with Crippen molar-refractivity contribution in [3.05, 3.63) is 101 Å². The van der Waals surface area contributed by atoms with Crippen molar-refractivity contribution in [1.82, 2.24) is 5.32 Å². The van der Waals surface area contributed by atoms with Gasteiger partial charge in [-0.15, -0.1) is 0 Å². The summed E-state index contributed by atoms with van der Waals surface area (Å²) in [5, 5.41) is 20.9. The number of carbonyl (C=O) groups excluding carboxylic acids is 1. The molecule has 0 aliphatic carbocycles. The third kappa shape index (κ3) is 4.89. The summed E-state index contributed by atoms with van der Waals surface area (Å²) in [4.78, 5) is 12.9. The Bertz CT molecular complexity index is 998. The normalized spacial score (nSPS) is 11.7. The molecular formula is C24H25N3O2. The van der Waals surface area contributed by atoms with Crippen molar-refractivity contribution in [2.24, 2.45) is 0 Å². The van der Waals surface area contributed by atoms with Crippen LogP contribution in [0, 0.1) is 12.3 Å². The van der Waals surface area contributed by atoms with Crippen molar-refractivity contribution in [1.29, 1.82) is 5.41 Å². The molecule has 0 radical (unpaired) electrons. The Kier molecular flexibility index (Phi) is 6.42. The number of nitrogens with one attached hydrogen (secondary N) is 2. The number of hydrogen-bond donors (Lipinski definition) is 4. The number of anilines is 1. The summed E-state index contributed by atoms with van der Waals surface area (Å²) < 4.78 is 0. The Balaban J connectivity index is 1.85. The van der Waals surface area contributed by atoms with E-state index in [2.05, 4.69) is 5.32 Å². The molecule has 0 aromatic heterocycles. The molecule has 5 heteroatoms. The first-order chi connectivity index (χ1) is 14.0. The van der Waals surface area contributed by atoms with Crippen LogP contribution < -0.4 is 11.1 Å². The first-order valence-electron chi connectivity index (χ1n) is 9.51. The second kappa shape index (κ2) is 9.17. The fraction of sp³-hybridized carbons (Fsp3) is 0.167. The molecule has 1 atom stereocenters. The standard InChI is InChI=1S/C24H25N3O2/c1-16-7-9-18(10-8-16)23(26)20-15-19(11-12-21(20)25)24(29)27-22(13-14-28)17-5-3-2-4-6-17/h2-12,15,22,26,28H,13-14,25H2,1H3,(H,27,29). The van der Waals surface area contributed by atoms with Gasteiger partial charge in [0, 0.05) is 29.0 Å². The summed E-state index contributed by atoms with van der Waals surface area (Å²) >= 11 is 0. The van der Waals surface area contributed by atoms with E-state index in [1.165, 1.54) is 0 Å². The molecule has 148 valence electrons. The Labute approximate surface area is 170 Å². The Morgan fingerprint density at radius 3 is 2.34 bits per heavy atom. The minimum absolute atomic E-state index is 0.0368. The maximum Gasteiger partial charge on any atom is 0.251 e. The van der Waals surface area contributed by atoms with E-state index in [1.807, 2.05) is 61.5 Å². The van der Waals surface area contributed by atoms with Crippen LogP contribution in [0.3, 0.4) is 0 Å². The molecule has 0 aliphatic rings. The van der Waals surface area contributed by atoms with Crippen LogP contribution in [0.4, 0.5) is 5.69 Å². The summed E-state index contributed by atoms with van der Waals surface area (Å²) in [6, 6.07) is 21.8. The molecule has 0 aliphatic heterocycles. The number of rotatable bonds is 7. The zero-order valence-electron chi connectivity index (χ0n) is 16.4. The van der Waals surface area contributed by atoms with Gasteiger partial charge in [-0.1, -0.05) is 60.2 Å². The lowest BCUT2D eigenvalue weighted by Gasteiger charge is -2.19.